The zero-order valence-electron chi connectivity index (χ0n) is 10.8. The Hall–Kier alpha value is -1.91. The topological polar surface area (TPSA) is 70.5 Å². The van der Waals surface area contributed by atoms with E-state index in [2.05, 4.69) is 4.98 Å². The molecule has 5 nitrogen and oxygen atoms in total. The van der Waals surface area contributed by atoms with Crippen LogP contribution >= 0.6 is 0 Å². The smallest absolute Gasteiger partial charge is 0.304 e. The van der Waals surface area contributed by atoms with Gasteiger partial charge in [-0.15, -0.1) is 0 Å². The van der Waals surface area contributed by atoms with E-state index in [1.165, 1.54) is 0 Å². The summed E-state index contributed by atoms with van der Waals surface area (Å²) in [4.78, 5) is 28.6. The lowest BCUT2D eigenvalue weighted by Gasteiger charge is -2.31. The molecule has 1 atom stereocenters. The maximum Gasteiger partial charge on any atom is 0.304 e. The first-order valence-corrected chi connectivity index (χ1v) is 6.56. The lowest BCUT2D eigenvalue weighted by atomic mass is 9.93. The van der Waals surface area contributed by atoms with Gasteiger partial charge in [0.05, 0.1) is 6.42 Å². The summed E-state index contributed by atoms with van der Waals surface area (Å²) in [6.07, 6.45) is 5.79. The van der Waals surface area contributed by atoms with Gasteiger partial charge in [-0.05, 0) is 37.0 Å². The molecule has 1 saturated heterocycles. The summed E-state index contributed by atoms with van der Waals surface area (Å²) in [5.74, 6) is -1.25. The number of hydrogen-bond acceptors (Lipinski definition) is 3. The molecule has 0 aliphatic carbocycles. The Bertz CT molecular complexity index is 447. The van der Waals surface area contributed by atoms with Gasteiger partial charge >= 0.3 is 5.97 Å². The summed E-state index contributed by atoms with van der Waals surface area (Å²) in [5, 5.41) is 8.80. The minimum atomic E-state index is -0.894. The maximum absolute atomic E-state index is 12.1. The SMILES string of the molecule is O=C(O)C[C@H]1CCCN(CCc2ccncc2)C1=O. The summed E-state index contributed by atoms with van der Waals surface area (Å²) >= 11 is 0. The van der Waals surface area contributed by atoms with E-state index in [0.29, 0.717) is 13.0 Å². The monoisotopic (exact) mass is 262 g/mol. The second kappa shape index (κ2) is 6.31. The normalized spacial score (nSPS) is 19.5. The molecule has 1 amide bonds. The van der Waals surface area contributed by atoms with Crippen molar-refractivity contribution in [1.29, 1.82) is 0 Å². The van der Waals surface area contributed by atoms with Crippen molar-refractivity contribution in [3.05, 3.63) is 30.1 Å². The van der Waals surface area contributed by atoms with Gasteiger partial charge in [0.15, 0.2) is 0 Å². The molecule has 1 aromatic rings. The van der Waals surface area contributed by atoms with Crippen LogP contribution in [0.2, 0.25) is 0 Å². The summed E-state index contributed by atoms with van der Waals surface area (Å²) < 4.78 is 0. The van der Waals surface area contributed by atoms with Crippen molar-refractivity contribution in [2.45, 2.75) is 25.7 Å². The number of carbonyl (C=O) groups is 2. The van der Waals surface area contributed by atoms with Gasteiger partial charge in [-0.25, -0.2) is 0 Å². The second-order valence-electron chi connectivity index (χ2n) is 4.87. The van der Waals surface area contributed by atoms with E-state index in [-0.39, 0.29) is 18.2 Å². The fourth-order valence-corrected chi connectivity index (χ4v) is 2.46. The van der Waals surface area contributed by atoms with Crippen LogP contribution < -0.4 is 0 Å². The number of carbonyl (C=O) groups excluding carboxylic acids is 1. The van der Waals surface area contributed by atoms with E-state index >= 15 is 0 Å². The van der Waals surface area contributed by atoms with Gasteiger partial charge in [-0.2, -0.15) is 0 Å². The van der Waals surface area contributed by atoms with Crippen molar-refractivity contribution in [3.8, 4) is 0 Å². The Balaban J connectivity index is 1.89. The van der Waals surface area contributed by atoms with Crippen molar-refractivity contribution in [1.82, 2.24) is 9.88 Å². The number of piperidine rings is 1. The minimum absolute atomic E-state index is 0.0114. The number of likely N-dealkylation sites (tertiary alicyclic amines) is 1. The maximum atomic E-state index is 12.1. The Morgan fingerprint density at radius 2 is 2.16 bits per heavy atom. The standard InChI is InChI=1S/C14H18N2O3/c17-13(18)10-12-2-1-8-16(14(12)19)9-5-11-3-6-15-7-4-11/h3-4,6-7,12H,1-2,5,8-10H2,(H,17,18)/t12-/m1/s1. The quantitative estimate of drug-likeness (QED) is 0.869. The molecule has 0 spiro atoms. The highest BCUT2D eigenvalue weighted by atomic mass is 16.4. The Morgan fingerprint density at radius 1 is 1.42 bits per heavy atom. The van der Waals surface area contributed by atoms with E-state index in [1.807, 2.05) is 12.1 Å². The van der Waals surface area contributed by atoms with Crippen molar-refractivity contribution in [2.24, 2.45) is 5.92 Å². The summed E-state index contributed by atoms with van der Waals surface area (Å²) in [7, 11) is 0. The number of pyridine rings is 1. The van der Waals surface area contributed by atoms with Gasteiger partial charge in [0.25, 0.3) is 0 Å². The molecule has 0 saturated carbocycles. The molecular weight excluding hydrogens is 244 g/mol. The van der Waals surface area contributed by atoms with Crippen molar-refractivity contribution < 1.29 is 14.7 Å². The zero-order chi connectivity index (χ0) is 13.7. The Kier molecular flexibility index (Phi) is 4.49. The van der Waals surface area contributed by atoms with E-state index in [0.717, 1.165) is 24.9 Å². The van der Waals surface area contributed by atoms with Crippen LogP contribution in [0.1, 0.15) is 24.8 Å². The van der Waals surface area contributed by atoms with Gasteiger partial charge in [0.1, 0.15) is 0 Å². The van der Waals surface area contributed by atoms with Gasteiger partial charge in [-0.3, -0.25) is 14.6 Å². The first-order valence-electron chi connectivity index (χ1n) is 6.56. The second-order valence-corrected chi connectivity index (χ2v) is 4.87. The van der Waals surface area contributed by atoms with Gasteiger partial charge in [0.2, 0.25) is 5.91 Å². The molecule has 0 aromatic carbocycles. The number of aliphatic carboxylic acids is 1. The summed E-state index contributed by atoms with van der Waals surface area (Å²) in [6, 6.07) is 3.87. The van der Waals surface area contributed by atoms with Crippen molar-refractivity contribution in [3.63, 3.8) is 0 Å². The first-order chi connectivity index (χ1) is 9.16. The molecule has 102 valence electrons. The number of hydrogen-bond donors (Lipinski definition) is 1. The molecule has 1 aromatic heterocycles. The van der Waals surface area contributed by atoms with E-state index in [9.17, 15) is 9.59 Å². The fourth-order valence-electron chi connectivity index (χ4n) is 2.46. The highest BCUT2D eigenvalue weighted by Gasteiger charge is 2.29. The molecule has 1 N–H and O–H groups in total. The Labute approximate surface area is 112 Å². The zero-order valence-corrected chi connectivity index (χ0v) is 10.8. The third-order valence-electron chi connectivity index (χ3n) is 3.48. The molecule has 0 bridgehead atoms. The number of nitrogens with zero attached hydrogens (tertiary/aromatic N) is 2. The molecule has 2 heterocycles. The molecule has 0 radical (unpaired) electrons. The molecular formula is C14H18N2O3. The number of carboxylic acids is 1. The average molecular weight is 262 g/mol. The van der Waals surface area contributed by atoms with Crippen LogP contribution in [0.5, 0.6) is 0 Å². The van der Waals surface area contributed by atoms with E-state index < -0.39 is 5.97 Å². The van der Waals surface area contributed by atoms with Crippen molar-refractivity contribution in [2.75, 3.05) is 13.1 Å². The van der Waals surface area contributed by atoms with Crippen LogP contribution in [-0.4, -0.2) is 40.0 Å². The predicted molar refractivity (Wildman–Crippen MR) is 69.5 cm³/mol. The third-order valence-corrected chi connectivity index (χ3v) is 3.48. The van der Waals surface area contributed by atoms with Crippen LogP contribution in [0.15, 0.2) is 24.5 Å². The highest BCUT2D eigenvalue weighted by molar-refractivity contribution is 5.83. The van der Waals surface area contributed by atoms with Gasteiger partial charge in [0, 0.05) is 31.4 Å². The molecule has 1 aliphatic rings. The van der Waals surface area contributed by atoms with Gasteiger partial charge < -0.3 is 10.0 Å². The van der Waals surface area contributed by atoms with E-state index in [4.69, 9.17) is 5.11 Å². The predicted octanol–water partition coefficient (Wildman–Crippen LogP) is 1.34. The summed E-state index contributed by atoms with van der Waals surface area (Å²) in [5.41, 5.74) is 1.14. The molecule has 5 heteroatoms. The van der Waals surface area contributed by atoms with Crippen LogP contribution in [0.3, 0.4) is 0 Å². The first kappa shape index (κ1) is 13.5. The molecule has 1 aliphatic heterocycles. The molecule has 19 heavy (non-hydrogen) atoms. The molecule has 1 fully saturated rings. The molecule has 0 unspecified atom stereocenters. The highest BCUT2D eigenvalue weighted by Crippen LogP contribution is 2.21. The number of carboxylic acid groups (broad SMARTS) is 1. The lowest BCUT2D eigenvalue weighted by Crippen LogP contribution is -2.42. The number of aromatic nitrogens is 1. The largest absolute Gasteiger partial charge is 0.481 e. The third kappa shape index (κ3) is 3.77. The van der Waals surface area contributed by atoms with E-state index in [1.54, 1.807) is 17.3 Å². The average Bonchev–Trinajstić information content (AvgIpc) is 2.40. The minimum Gasteiger partial charge on any atom is -0.481 e. The van der Waals surface area contributed by atoms with Crippen LogP contribution in [0.4, 0.5) is 0 Å². The van der Waals surface area contributed by atoms with Crippen LogP contribution in [0, 0.1) is 5.92 Å². The summed E-state index contributed by atoms with van der Waals surface area (Å²) in [6.45, 7) is 1.39. The number of rotatable bonds is 5. The van der Waals surface area contributed by atoms with Crippen LogP contribution in [0.25, 0.3) is 0 Å². The lowest BCUT2D eigenvalue weighted by molar-refractivity contribution is -0.146. The van der Waals surface area contributed by atoms with Crippen LogP contribution in [-0.2, 0) is 16.0 Å². The van der Waals surface area contributed by atoms with Gasteiger partial charge in [-0.1, -0.05) is 0 Å². The van der Waals surface area contributed by atoms with Crippen molar-refractivity contribution >= 4 is 11.9 Å². The molecule has 2 rings (SSSR count). The fraction of sp³-hybridized carbons (Fsp3) is 0.500. The Morgan fingerprint density at radius 3 is 2.84 bits per heavy atom. The number of amides is 1.